The van der Waals surface area contributed by atoms with Gasteiger partial charge in [-0.2, -0.15) is 0 Å². The number of aryl methyl sites for hydroxylation is 1. The maximum Gasteiger partial charge on any atom is 0.204 e. The largest absolute Gasteiger partial charge is 0.312 e. The van der Waals surface area contributed by atoms with E-state index in [0.29, 0.717) is 11.2 Å². The van der Waals surface area contributed by atoms with Gasteiger partial charge in [-0.3, -0.25) is 0 Å². The fraction of sp³-hybridized carbons (Fsp3) is 0.429. The number of hydrogen-bond acceptors (Lipinski definition) is 3. The molecule has 0 aliphatic heterocycles. The predicted molar refractivity (Wildman–Crippen MR) is 113 cm³/mol. The molecular weight excluding hydrogens is 362 g/mol. The monoisotopic (exact) mass is 387 g/mol. The van der Waals surface area contributed by atoms with Crippen molar-refractivity contribution in [2.75, 3.05) is 0 Å². The Morgan fingerprint density at radius 3 is 2.65 bits per heavy atom. The number of benzene rings is 1. The summed E-state index contributed by atoms with van der Waals surface area (Å²) in [5.41, 5.74) is 4.29. The highest BCUT2D eigenvalue weighted by Crippen LogP contribution is 2.37. The summed E-state index contributed by atoms with van der Waals surface area (Å²) in [7, 11) is 0. The van der Waals surface area contributed by atoms with E-state index >= 15 is 0 Å². The van der Waals surface area contributed by atoms with Crippen LogP contribution < -0.4 is 0 Å². The molecule has 0 spiro atoms. The lowest BCUT2D eigenvalue weighted by molar-refractivity contribution is 0.618. The minimum atomic E-state index is 0.264. The van der Waals surface area contributed by atoms with Gasteiger partial charge in [-0.05, 0) is 62.8 Å². The van der Waals surface area contributed by atoms with E-state index < -0.39 is 0 Å². The van der Waals surface area contributed by atoms with Crippen molar-refractivity contribution in [1.29, 1.82) is 0 Å². The van der Waals surface area contributed by atoms with E-state index in [0.717, 1.165) is 40.9 Å². The zero-order valence-corrected chi connectivity index (χ0v) is 17.5. The van der Waals surface area contributed by atoms with Crippen molar-refractivity contribution >= 4 is 34.0 Å². The molecular formula is C21H26ClN3S. The molecule has 1 aromatic carbocycles. The topological polar surface area (TPSA) is 30.7 Å². The smallest absolute Gasteiger partial charge is 0.204 e. The lowest BCUT2D eigenvalue weighted by atomic mass is 10.1. The van der Waals surface area contributed by atoms with E-state index in [1.807, 2.05) is 6.08 Å². The molecule has 0 atom stereocenters. The SMILES string of the molecule is C=CCCCc1sc(-c2cccc3c2nc(Cl)n3C(C)C)nc1C(C)C. The third-order valence-electron chi connectivity index (χ3n) is 4.51. The summed E-state index contributed by atoms with van der Waals surface area (Å²) in [5.74, 6) is 0.412. The van der Waals surface area contributed by atoms with E-state index in [1.54, 1.807) is 11.3 Å². The Bertz CT molecular complexity index is 921. The molecule has 3 rings (SSSR count). The summed E-state index contributed by atoms with van der Waals surface area (Å²) in [6.45, 7) is 12.5. The molecule has 3 aromatic rings. The van der Waals surface area contributed by atoms with Gasteiger partial charge in [0.15, 0.2) is 0 Å². The van der Waals surface area contributed by atoms with Gasteiger partial charge in [-0.15, -0.1) is 17.9 Å². The molecule has 3 nitrogen and oxygen atoms in total. The number of imidazole rings is 1. The Kier molecular flexibility index (Phi) is 5.83. The Labute approximate surface area is 164 Å². The molecule has 0 N–H and O–H groups in total. The van der Waals surface area contributed by atoms with Crippen molar-refractivity contribution in [2.45, 2.75) is 58.9 Å². The Balaban J connectivity index is 2.10. The van der Waals surface area contributed by atoms with Crippen LogP contribution in [0.1, 0.15) is 63.1 Å². The van der Waals surface area contributed by atoms with Crippen molar-refractivity contribution in [3.8, 4) is 10.6 Å². The molecule has 0 fully saturated rings. The molecule has 5 heteroatoms. The van der Waals surface area contributed by atoms with Gasteiger partial charge in [0.25, 0.3) is 0 Å². The van der Waals surface area contributed by atoms with Crippen LogP contribution in [0.2, 0.25) is 5.28 Å². The van der Waals surface area contributed by atoms with Crippen molar-refractivity contribution in [3.05, 3.63) is 46.7 Å². The highest BCUT2D eigenvalue weighted by Gasteiger charge is 2.20. The number of unbranched alkanes of at least 4 members (excludes halogenated alkanes) is 1. The molecule has 0 radical (unpaired) electrons. The number of rotatable bonds is 7. The maximum atomic E-state index is 6.42. The molecule has 0 aliphatic rings. The first kappa shape index (κ1) is 19.1. The Morgan fingerprint density at radius 1 is 1.23 bits per heavy atom. The third kappa shape index (κ3) is 3.58. The summed E-state index contributed by atoms with van der Waals surface area (Å²) in [5, 5.41) is 1.58. The standard InChI is InChI=1S/C21H26ClN3S/c1-6-7-8-12-17-18(13(2)3)23-20(26-17)15-10-9-11-16-19(15)24-21(22)25(16)14(4)5/h6,9-11,13-14H,1,7-8,12H2,2-5H3. The summed E-state index contributed by atoms with van der Waals surface area (Å²) >= 11 is 8.21. The van der Waals surface area contributed by atoms with Gasteiger partial charge in [0.05, 0.1) is 11.2 Å². The fourth-order valence-electron chi connectivity index (χ4n) is 3.27. The van der Waals surface area contributed by atoms with E-state index in [2.05, 4.69) is 62.0 Å². The average molecular weight is 388 g/mol. The Hall–Kier alpha value is -1.65. The Morgan fingerprint density at radius 2 is 2.00 bits per heavy atom. The van der Waals surface area contributed by atoms with Gasteiger partial charge in [-0.25, -0.2) is 9.97 Å². The van der Waals surface area contributed by atoms with Gasteiger partial charge in [-0.1, -0.05) is 26.0 Å². The normalized spacial score (nSPS) is 11.8. The first-order valence-electron chi connectivity index (χ1n) is 9.21. The molecule has 0 aliphatic carbocycles. The number of fused-ring (bicyclic) bond motifs is 1. The first-order chi connectivity index (χ1) is 12.4. The summed E-state index contributed by atoms with van der Waals surface area (Å²) in [4.78, 5) is 11.0. The van der Waals surface area contributed by atoms with E-state index in [-0.39, 0.29) is 6.04 Å². The number of nitrogens with zero attached hydrogens (tertiary/aromatic N) is 3. The van der Waals surface area contributed by atoms with Gasteiger partial charge in [0.1, 0.15) is 10.5 Å². The van der Waals surface area contributed by atoms with Crippen molar-refractivity contribution in [2.24, 2.45) is 0 Å². The van der Waals surface area contributed by atoms with Crippen LogP contribution in [0, 0.1) is 0 Å². The molecule has 26 heavy (non-hydrogen) atoms. The average Bonchev–Trinajstić information content (AvgIpc) is 3.15. The van der Waals surface area contributed by atoms with Crippen LogP contribution in [0.3, 0.4) is 0 Å². The van der Waals surface area contributed by atoms with E-state index in [4.69, 9.17) is 16.6 Å². The second-order valence-corrected chi connectivity index (χ2v) is 8.60. The van der Waals surface area contributed by atoms with Crippen LogP contribution in [0.25, 0.3) is 21.6 Å². The van der Waals surface area contributed by atoms with Crippen LogP contribution in [-0.2, 0) is 6.42 Å². The van der Waals surface area contributed by atoms with Crippen LogP contribution in [0.5, 0.6) is 0 Å². The van der Waals surface area contributed by atoms with Crippen LogP contribution in [-0.4, -0.2) is 14.5 Å². The van der Waals surface area contributed by atoms with Crippen LogP contribution in [0.4, 0.5) is 0 Å². The lowest BCUT2D eigenvalue weighted by Gasteiger charge is -2.09. The van der Waals surface area contributed by atoms with Crippen molar-refractivity contribution in [1.82, 2.24) is 14.5 Å². The zero-order chi connectivity index (χ0) is 18.8. The minimum absolute atomic E-state index is 0.264. The first-order valence-corrected chi connectivity index (χ1v) is 10.4. The molecule has 0 unspecified atom stereocenters. The van der Waals surface area contributed by atoms with Gasteiger partial charge >= 0.3 is 0 Å². The highest BCUT2D eigenvalue weighted by atomic mass is 35.5. The minimum Gasteiger partial charge on any atom is -0.312 e. The van der Waals surface area contributed by atoms with E-state index in [9.17, 15) is 0 Å². The van der Waals surface area contributed by atoms with Gasteiger partial charge in [0.2, 0.25) is 5.28 Å². The van der Waals surface area contributed by atoms with Gasteiger partial charge < -0.3 is 4.57 Å². The summed E-state index contributed by atoms with van der Waals surface area (Å²) in [6.07, 6.45) is 5.18. The number of hydrogen-bond donors (Lipinski definition) is 0. The third-order valence-corrected chi connectivity index (χ3v) is 5.94. The number of para-hydroxylation sites is 1. The maximum absolute atomic E-state index is 6.42. The molecule has 2 aromatic heterocycles. The number of allylic oxidation sites excluding steroid dienone is 1. The number of halogens is 1. The van der Waals surface area contributed by atoms with E-state index in [1.165, 1.54) is 10.6 Å². The number of thiazole rings is 1. The fourth-order valence-corrected chi connectivity index (χ4v) is 4.92. The second kappa shape index (κ2) is 7.93. The molecule has 2 heterocycles. The zero-order valence-electron chi connectivity index (χ0n) is 15.9. The van der Waals surface area contributed by atoms with Crippen molar-refractivity contribution in [3.63, 3.8) is 0 Å². The highest BCUT2D eigenvalue weighted by molar-refractivity contribution is 7.15. The molecule has 0 amide bonds. The van der Waals surface area contributed by atoms with Crippen LogP contribution in [0.15, 0.2) is 30.9 Å². The molecule has 138 valence electrons. The quantitative estimate of drug-likeness (QED) is 0.322. The summed E-state index contributed by atoms with van der Waals surface area (Å²) in [6, 6.07) is 6.52. The molecule has 0 bridgehead atoms. The molecule has 0 saturated carbocycles. The van der Waals surface area contributed by atoms with Crippen LogP contribution >= 0.6 is 22.9 Å². The second-order valence-electron chi connectivity index (χ2n) is 7.18. The summed E-state index contributed by atoms with van der Waals surface area (Å²) < 4.78 is 2.07. The van der Waals surface area contributed by atoms with Gasteiger partial charge in [0, 0.05) is 16.5 Å². The predicted octanol–water partition coefficient (Wildman–Crippen LogP) is 7.03. The lowest BCUT2D eigenvalue weighted by Crippen LogP contribution is -2.00. The molecule has 0 saturated heterocycles. The number of aromatic nitrogens is 3. The van der Waals surface area contributed by atoms with Crippen molar-refractivity contribution < 1.29 is 0 Å².